The van der Waals surface area contributed by atoms with Crippen molar-refractivity contribution < 1.29 is 38.3 Å². The Balaban J connectivity index is 2.35. The average molecular weight is 360 g/mol. The van der Waals surface area contributed by atoms with Gasteiger partial charge in [-0.05, 0) is 13.8 Å². The Morgan fingerprint density at radius 3 is 2.32 bits per heavy atom. The summed E-state index contributed by atoms with van der Waals surface area (Å²) in [4.78, 5) is 12.1. The normalized spacial score (nSPS) is 44.0. The summed E-state index contributed by atoms with van der Waals surface area (Å²) in [5.41, 5.74) is -1.74. The van der Waals surface area contributed by atoms with E-state index in [1.54, 1.807) is 19.9 Å². The van der Waals surface area contributed by atoms with Gasteiger partial charge in [0.15, 0.2) is 5.60 Å². The van der Waals surface area contributed by atoms with Gasteiger partial charge in [-0.15, -0.1) is 6.58 Å². The summed E-state index contributed by atoms with van der Waals surface area (Å²) in [5.74, 6) is -3.17. The smallest absolute Gasteiger partial charge is 0.338 e. The highest BCUT2D eigenvalue weighted by molar-refractivity contribution is 5.79. The maximum absolute atomic E-state index is 12.1. The van der Waals surface area contributed by atoms with E-state index < -0.39 is 41.5 Å². The molecule has 8 nitrogen and oxygen atoms in total. The molecule has 1 saturated heterocycles. The van der Waals surface area contributed by atoms with Gasteiger partial charge < -0.3 is 33.5 Å². The standard InChI is InChI=1S/C17H28O8/c1-7-8-23-11-9-17(19,14(18)20-4)10-12-13(11)25-16(3,22-6)15(2,21-5)24-12/h7,11-13,19H,1,8-10H2,2-6H3/t11-,12+,13+,15-,16-,17-/m0/s1. The van der Waals surface area contributed by atoms with Gasteiger partial charge in [0.2, 0.25) is 11.6 Å². The van der Waals surface area contributed by atoms with Gasteiger partial charge in [-0.3, -0.25) is 0 Å². The molecular weight excluding hydrogens is 332 g/mol. The lowest BCUT2D eigenvalue weighted by atomic mass is 9.78. The molecule has 1 aliphatic heterocycles. The van der Waals surface area contributed by atoms with Crippen LogP contribution in [0.5, 0.6) is 0 Å². The number of esters is 1. The van der Waals surface area contributed by atoms with Crippen LogP contribution in [0, 0.1) is 0 Å². The van der Waals surface area contributed by atoms with Crippen molar-refractivity contribution in [2.45, 2.75) is 62.2 Å². The summed E-state index contributed by atoms with van der Waals surface area (Å²) in [6.45, 7) is 7.24. The zero-order valence-corrected chi connectivity index (χ0v) is 15.4. The molecule has 0 bridgehead atoms. The van der Waals surface area contributed by atoms with Crippen molar-refractivity contribution in [3.63, 3.8) is 0 Å². The van der Waals surface area contributed by atoms with E-state index in [1.807, 2.05) is 0 Å². The molecule has 1 heterocycles. The Morgan fingerprint density at radius 2 is 1.80 bits per heavy atom. The SMILES string of the molecule is C=CCO[C@H]1C[C@@](O)(C(=O)OC)C[C@H]2O[C@](C)(OC)[C@@](C)(OC)O[C@H]12. The van der Waals surface area contributed by atoms with Gasteiger partial charge in [-0.1, -0.05) is 6.08 Å². The van der Waals surface area contributed by atoms with Crippen molar-refractivity contribution >= 4 is 5.97 Å². The van der Waals surface area contributed by atoms with Crippen molar-refractivity contribution in [2.24, 2.45) is 0 Å². The first-order valence-electron chi connectivity index (χ1n) is 8.18. The van der Waals surface area contributed by atoms with E-state index in [-0.39, 0.29) is 19.4 Å². The molecule has 1 N–H and O–H groups in total. The van der Waals surface area contributed by atoms with E-state index in [1.165, 1.54) is 21.3 Å². The molecule has 0 radical (unpaired) electrons. The number of aliphatic hydroxyl groups is 1. The highest BCUT2D eigenvalue weighted by Gasteiger charge is 2.62. The van der Waals surface area contributed by atoms with Crippen LogP contribution in [-0.2, 0) is 33.2 Å². The highest BCUT2D eigenvalue weighted by atomic mass is 16.8. The first kappa shape index (κ1) is 20.3. The van der Waals surface area contributed by atoms with E-state index in [0.29, 0.717) is 0 Å². The lowest BCUT2D eigenvalue weighted by molar-refractivity contribution is -0.461. The van der Waals surface area contributed by atoms with Gasteiger partial charge in [0.25, 0.3) is 0 Å². The molecule has 8 heteroatoms. The lowest BCUT2D eigenvalue weighted by Gasteiger charge is -2.56. The molecule has 1 aliphatic carbocycles. The Kier molecular flexibility index (Phi) is 5.92. The number of hydrogen-bond acceptors (Lipinski definition) is 8. The molecule has 25 heavy (non-hydrogen) atoms. The predicted octanol–water partition coefficient (Wildman–Crippen LogP) is 0.765. The number of ether oxygens (including phenoxy) is 6. The minimum Gasteiger partial charge on any atom is -0.467 e. The number of carbonyl (C=O) groups is 1. The third kappa shape index (κ3) is 3.47. The Labute approximate surface area is 148 Å². The van der Waals surface area contributed by atoms with Gasteiger partial charge in [0, 0.05) is 27.1 Å². The first-order valence-corrected chi connectivity index (χ1v) is 8.18. The summed E-state index contributed by atoms with van der Waals surface area (Å²) in [7, 11) is 4.20. The van der Waals surface area contributed by atoms with E-state index in [4.69, 9.17) is 28.4 Å². The maximum Gasteiger partial charge on any atom is 0.338 e. The van der Waals surface area contributed by atoms with Gasteiger partial charge in [-0.25, -0.2) is 4.79 Å². The topological polar surface area (TPSA) is 92.7 Å². The number of fused-ring (bicyclic) bond motifs is 1. The third-order valence-electron chi connectivity index (χ3n) is 5.15. The fourth-order valence-electron chi connectivity index (χ4n) is 3.41. The number of carbonyl (C=O) groups excluding carboxylic acids is 1. The molecule has 1 saturated carbocycles. The van der Waals surface area contributed by atoms with Crippen LogP contribution in [0.1, 0.15) is 26.7 Å². The third-order valence-corrected chi connectivity index (χ3v) is 5.15. The van der Waals surface area contributed by atoms with Crippen LogP contribution < -0.4 is 0 Å². The van der Waals surface area contributed by atoms with Crippen LogP contribution in [0.25, 0.3) is 0 Å². The van der Waals surface area contributed by atoms with E-state index >= 15 is 0 Å². The Bertz CT molecular complexity index is 511. The molecule has 2 aliphatic rings. The molecule has 0 aromatic rings. The van der Waals surface area contributed by atoms with Crippen LogP contribution in [0.2, 0.25) is 0 Å². The Morgan fingerprint density at radius 1 is 1.20 bits per heavy atom. The fourth-order valence-corrected chi connectivity index (χ4v) is 3.41. The quantitative estimate of drug-likeness (QED) is 0.548. The molecule has 2 rings (SSSR count). The fraction of sp³-hybridized carbons (Fsp3) is 0.824. The summed E-state index contributed by atoms with van der Waals surface area (Å²) >= 11 is 0. The molecule has 0 unspecified atom stereocenters. The van der Waals surface area contributed by atoms with Crippen molar-refractivity contribution in [1.82, 2.24) is 0 Å². The number of hydrogen-bond donors (Lipinski definition) is 1. The molecule has 0 spiro atoms. The highest BCUT2D eigenvalue weighted by Crippen LogP contribution is 2.46. The van der Waals surface area contributed by atoms with Crippen molar-refractivity contribution in [3.8, 4) is 0 Å². The summed E-state index contributed by atoms with van der Waals surface area (Å²) < 4.78 is 33.7. The van der Waals surface area contributed by atoms with E-state index in [0.717, 1.165) is 0 Å². The molecule has 6 atom stereocenters. The maximum atomic E-state index is 12.1. The van der Waals surface area contributed by atoms with E-state index in [9.17, 15) is 9.90 Å². The largest absolute Gasteiger partial charge is 0.467 e. The number of rotatable bonds is 6. The molecule has 0 aromatic carbocycles. The van der Waals surface area contributed by atoms with E-state index in [2.05, 4.69) is 6.58 Å². The van der Waals surface area contributed by atoms with Gasteiger partial charge in [0.1, 0.15) is 6.10 Å². The van der Waals surface area contributed by atoms with Gasteiger partial charge in [-0.2, -0.15) is 0 Å². The average Bonchev–Trinajstić information content (AvgIpc) is 2.60. The molecule has 2 fully saturated rings. The van der Waals surface area contributed by atoms with Crippen molar-refractivity contribution in [3.05, 3.63) is 12.7 Å². The van der Waals surface area contributed by atoms with Crippen molar-refractivity contribution in [1.29, 1.82) is 0 Å². The zero-order valence-electron chi connectivity index (χ0n) is 15.4. The van der Waals surface area contributed by atoms with Crippen LogP contribution in [0.15, 0.2) is 12.7 Å². The minimum absolute atomic E-state index is 0.00294. The predicted molar refractivity (Wildman–Crippen MR) is 86.7 cm³/mol. The van der Waals surface area contributed by atoms with Crippen LogP contribution in [0.3, 0.4) is 0 Å². The second-order valence-corrected chi connectivity index (χ2v) is 6.63. The molecule has 0 amide bonds. The first-order chi connectivity index (χ1) is 11.7. The summed E-state index contributed by atoms with van der Waals surface area (Å²) in [6.07, 6.45) is -0.228. The molecule has 144 valence electrons. The second-order valence-electron chi connectivity index (χ2n) is 6.63. The van der Waals surface area contributed by atoms with Gasteiger partial charge in [0.05, 0.1) is 25.9 Å². The lowest BCUT2D eigenvalue weighted by Crippen LogP contribution is -2.70. The zero-order chi connectivity index (χ0) is 18.9. The van der Waals surface area contributed by atoms with Crippen LogP contribution in [-0.4, -0.2) is 74.5 Å². The molecule has 0 aromatic heterocycles. The minimum atomic E-state index is -1.74. The monoisotopic (exact) mass is 360 g/mol. The van der Waals surface area contributed by atoms with Gasteiger partial charge >= 0.3 is 5.97 Å². The Hall–Kier alpha value is -1.03. The summed E-state index contributed by atoms with van der Waals surface area (Å²) in [5, 5.41) is 10.8. The van der Waals surface area contributed by atoms with Crippen LogP contribution >= 0.6 is 0 Å². The second kappa shape index (κ2) is 7.30. The molecular formula is C17H28O8. The number of methoxy groups -OCH3 is 3. The van der Waals surface area contributed by atoms with Crippen molar-refractivity contribution in [2.75, 3.05) is 27.9 Å². The van der Waals surface area contributed by atoms with Crippen LogP contribution in [0.4, 0.5) is 0 Å². The summed E-state index contributed by atoms with van der Waals surface area (Å²) in [6, 6.07) is 0.